The van der Waals surface area contributed by atoms with Crippen LogP contribution in [0.3, 0.4) is 0 Å². The second kappa shape index (κ2) is 6.03. The van der Waals surface area contributed by atoms with Crippen molar-refractivity contribution in [1.82, 2.24) is 0 Å². The van der Waals surface area contributed by atoms with Crippen LogP contribution in [0.5, 0.6) is 0 Å². The van der Waals surface area contributed by atoms with Gasteiger partial charge in [-0.3, -0.25) is 4.79 Å². The first kappa shape index (κ1) is 17.4. The molecule has 3 heterocycles. The van der Waals surface area contributed by atoms with Crippen molar-refractivity contribution in [3.05, 3.63) is 12.2 Å². The number of carbonyl (C=O) groups excluding carboxylic acids is 1. The number of hydrogen-bond acceptors (Lipinski definition) is 7. The molecule has 0 aromatic carbocycles. The van der Waals surface area contributed by atoms with Crippen LogP contribution in [0.2, 0.25) is 0 Å². The molecule has 4 rings (SSSR count). The van der Waals surface area contributed by atoms with Crippen LogP contribution in [-0.4, -0.2) is 54.9 Å². The third-order valence-electron chi connectivity index (χ3n) is 4.99. The summed E-state index contributed by atoms with van der Waals surface area (Å²) in [6, 6.07) is 0. The molecule has 0 saturated carbocycles. The van der Waals surface area contributed by atoms with Crippen molar-refractivity contribution in [2.45, 2.75) is 82.8 Å². The lowest BCUT2D eigenvalue weighted by atomic mass is 10.0. The fourth-order valence-corrected chi connectivity index (χ4v) is 3.87. The Kier molecular flexibility index (Phi) is 4.20. The summed E-state index contributed by atoms with van der Waals surface area (Å²) in [6.45, 7) is 7.71. The minimum Gasteiger partial charge on any atom is -0.456 e. The predicted octanol–water partition coefficient (Wildman–Crippen LogP) is 1.89. The third-order valence-corrected chi connectivity index (χ3v) is 4.99. The van der Waals surface area contributed by atoms with Crippen LogP contribution >= 0.6 is 0 Å². The fourth-order valence-electron chi connectivity index (χ4n) is 3.87. The molecule has 0 aromatic rings. The van der Waals surface area contributed by atoms with E-state index in [1.165, 1.54) is 0 Å². The van der Waals surface area contributed by atoms with E-state index in [0.29, 0.717) is 6.61 Å². The molecule has 0 aromatic heterocycles. The van der Waals surface area contributed by atoms with E-state index in [9.17, 15) is 4.79 Å². The number of hydrogen-bond donors (Lipinski definition) is 0. The summed E-state index contributed by atoms with van der Waals surface area (Å²) in [6.07, 6.45) is 3.13. The smallest absolute Gasteiger partial charge is 0.313 e. The molecule has 3 aliphatic heterocycles. The summed E-state index contributed by atoms with van der Waals surface area (Å²) in [5.41, 5.74) is 0. The number of fused-ring (bicyclic) bond motifs is 1. The van der Waals surface area contributed by atoms with E-state index >= 15 is 0 Å². The van der Waals surface area contributed by atoms with E-state index in [1.807, 2.05) is 39.8 Å². The molecular weight excluding hydrogens is 328 g/mol. The van der Waals surface area contributed by atoms with E-state index in [2.05, 4.69) is 0 Å². The quantitative estimate of drug-likeness (QED) is 0.566. The number of rotatable bonds is 3. The summed E-state index contributed by atoms with van der Waals surface area (Å²) in [4.78, 5) is 12.5. The van der Waals surface area contributed by atoms with Crippen LogP contribution in [-0.2, 0) is 33.2 Å². The zero-order valence-electron chi connectivity index (χ0n) is 15.1. The molecule has 7 heteroatoms. The van der Waals surface area contributed by atoms with Gasteiger partial charge in [0, 0.05) is 0 Å². The molecule has 7 nitrogen and oxygen atoms in total. The highest BCUT2D eigenvalue weighted by atomic mass is 16.8. The Morgan fingerprint density at radius 3 is 2.52 bits per heavy atom. The van der Waals surface area contributed by atoms with Crippen molar-refractivity contribution in [3.8, 4) is 0 Å². The van der Waals surface area contributed by atoms with Crippen LogP contribution in [0, 0.1) is 5.92 Å². The van der Waals surface area contributed by atoms with Crippen LogP contribution in [0.25, 0.3) is 0 Å². The van der Waals surface area contributed by atoms with Gasteiger partial charge in [0.1, 0.15) is 12.2 Å². The highest BCUT2D eigenvalue weighted by molar-refractivity contribution is 5.75. The van der Waals surface area contributed by atoms with Crippen molar-refractivity contribution in [2.24, 2.45) is 5.92 Å². The first-order chi connectivity index (χ1) is 11.7. The molecule has 0 N–H and O–H groups in total. The minimum absolute atomic E-state index is 0.202. The number of ether oxygens (including phenoxy) is 6. The van der Waals surface area contributed by atoms with Gasteiger partial charge in [-0.25, -0.2) is 0 Å². The molecule has 25 heavy (non-hydrogen) atoms. The predicted molar refractivity (Wildman–Crippen MR) is 85.3 cm³/mol. The maximum atomic E-state index is 12.5. The van der Waals surface area contributed by atoms with Gasteiger partial charge in [0.25, 0.3) is 0 Å². The highest BCUT2D eigenvalue weighted by Gasteiger charge is 2.60. The lowest BCUT2D eigenvalue weighted by Crippen LogP contribution is -2.45. The monoisotopic (exact) mass is 354 g/mol. The lowest BCUT2D eigenvalue weighted by Gasteiger charge is -2.29. The molecule has 140 valence electrons. The van der Waals surface area contributed by atoms with Gasteiger partial charge in [0.05, 0.1) is 12.5 Å². The second-order valence-electron chi connectivity index (χ2n) is 7.95. The van der Waals surface area contributed by atoms with Gasteiger partial charge >= 0.3 is 5.97 Å². The van der Waals surface area contributed by atoms with Gasteiger partial charge < -0.3 is 28.4 Å². The summed E-state index contributed by atoms with van der Waals surface area (Å²) < 4.78 is 35.2. The maximum Gasteiger partial charge on any atom is 0.313 e. The van der Waals surface area contributed by atoms with Gasteiger partial charge in [-0.05, 0) is 40.5 Å². The zero-order valence-corrected chi connectivity index (χ0v) is 15.1. The average molecular weight is 354 g/mol. The van der Waals surface area contributed by atoms with Gasteiger partial charge in [-0.2, -0.15) is 0 Å². The summed E-state index contributed by atoms with van der Waals surface area (Å²) in [7, 11) is 0. The molecule has 6 atom stereocenters. The summed E-state index contributed by atoms with van der Waals surface area (Å²) >= 11 is 0. The Morgan fingerprint density at radius 1 is 1.08 bits per heavy atom. The summed E-state index contributed by atoms with van der Waals surface area (Å²) in [5, 5.41) is 0. The van der Waals surface area contributed by atoms with Gasteiger partial charge in [0.15, 0.2) is 30.1 Å². The van der Waals surface area contributed by atoms with E-state index in [-0.39, 0.29) is 18.0 Å². The Labute approximate surface area is 147 Å². The number of allylic oxidation sites excluding steroid dienone is 1. The number of esters is 1. The molecule has 0 radical (unpaired) electrons. The Morgan fingerprint density at radius 2 is 1.88 bits per heavy atom. The Hall–Kier alpha value is -0.990. The molecule has 1 aliphatic carbocycles. The molecular formula is C18H26O7. The van der Waals surface area contributed by atoms with E-state index in [1.54, 1.807) is 0 Å². The summed E-state index contributed by atoms with van der Waals surface area (Å²) in [5.74, 6) is -1.91. The molecule has 3 saturated heterocycles. The van der Waals surface area contributed by atoms with Crippen molar-refractivity contribution in [1.29, 1.82) is 0 Å². The molecule has 0 unspecified atom stereocenters. The standard InChI is InChI=1S/C18H26O7/c1-17(2)20-9-11(23-17)12-13(21-15(19)10-7-5-6-8-10)14-16(22-12)25-18(3,4)24-14/h5,7,10-14,16H,6,8-9H2,1-4H3/t10-,11-,12-,13+,14-,16-/m1/s1. The van der Waals surface area contributed by atoms with Crippen molar-refractivity contribution in [3.63, 3.8) is 0 Å². The normalized spacial score (nSPS) is 44.2. The zero-order chi connectivity index (χ0) is 17.8. The van der Waals surface area contributed by atoms with E-state index < -0.39 is 36.2 Å². The maximum absolute atomic E-state index is 12.5. The molecule has 3 fully saturated rings. The molecule has 0 amide bonds. The highest BCUT2D eigenvalue weighted by Crippen LogP contribution is 2.42. The molecule has 0 spiro atoms. The largest absolute Gasteiger partial charge is 0.456 e. The average Bonchev–Trinajstić information content (AvgIpc) is 3.24. The van der Waals surface area contributed by atoms with Gasteiger partial charge in [0.2, 0.25) is 0 Å². The van der Waals surface area contributed by atoms with Crippen LogP contribution in [0.15, 0.2) is 12.2 Å². The van der Waals surface area contributed by atoms with Crippen LogP contribution in [0.1, 0.15) is 40.5 Å². The van der Waals surface area contributed by atoms with Gasteiger partial charge in [-0.15, -0.1) is 0 Å². The number of carbonyl (C=O) groups is 1. The van der Waals surface area contributed by atoms with Gasteiger partial charge in [-0.1, -0.05) is 12.2 Å². The molecule has 4 aliphatic rings. The SMILES string of the molecule is CC1(C)O[C@H]2O[C@H]([C@H]3COC(C)(C)O3)[C@H](OC(=O)[C@@H]3C=CCC3)[C@H]2O1. The first-order valence-corrected chi connectivity index (χ1v) is 8.94. The minimum atomic E-state index is -0.773. The Balaban J connectivity index is 1.51. The van der Waals surface area contributed by atoms with Crippen LogP contribution in [0.4, 0.5) is 0 Å². The van der Waals surface area contributed by atoms with E-state index in [0.717, 1.165) is 12.8 Å². The second-order valence-corrected chi connectivity index (χ2v) is 7.95. The van der Waals surface area contributed by atoms with Crippen molar-refractivity contribution >= 4 is 5.97 Å². The van der Waals surface area contributed by atoms with Crippen molar-refractivity contribution in [2.75, 3.05) is 6.61 Å². The third kappa shape index (κ3) is 3.36. The fraction of sp³-hybridized carbons (Fsp3) is 0.833. The van der Waals surface area contributed by atoms with E-state index in [4.69, 9.17) is 28.4 Å². The molecule has 0 bridgehead atoms. The Bertz CT molecular complexity index is 570. The van der Waals surface area contributed by atoms with Crippen LogP contribution < -0.4 is 0 Å². The lowest BCUT2D eigenvalue weighted by molar-refractivity contribution is -0.235. The topological polar surface area (TPSA) is 72.5 Å². The first-order valence-electron chi connectivity index (χ1n) is 8.94. The van der Waals surface area contributed by atoms with Crippen molar-refractivity contribution < 1.29 is 33.2 Å².